The third-order valence-electron chi connectivity index (χ3n) is 4.62. The third-order valence-corrected chi connectivity index (χ3v) is 6.42. The number of rotatable bonds is 5. The molecule has 1 aliphatic heterocycles. The van der Waals surface area contributed by atoms with Crippen LogP contribution in [0.1, 0.15) is 25.3 Å². The van der Waals surface area contributed by atoms with Gasteiger partial charge in [0.25, 0.3) is 10.0 Å². The molecule has 0 unspecified atom stereocenters. The topological polar surface area (TPSA) is 82.1 Å². The standard InChI is InChI=1S/C20H23NO6S/c1-13(2)14-9-10-17(25-3)19(11-14)28(23,24)21-12-18(20(22)26-4)27-16-8-6-5-7-15(16)21/h5-11,13,18H,12H2,1-4H3/t18-/m0/s1. The average molecular weight is 405 g/mol. The Kier molecular flexibility index (Phi) is 5.51. The first-order valence-corrected chi connectivity index (χ1v) is 10.3. The molecule has 0 fully saturated rings. The zero-order valence-electron chi connectivity index (χ0n) is 16.2. The molecule has 0 radical (unpaired) electrons. The second-order valence-corrected chi connectivity index (χ2v) is 8.53. The maximum atomic E-state index is 13.6. The van der Waals surface area contributed by atoms with Gasteiger partial charge in [0.2, 0.25) is 6.10 Å². The van der Waals surface area contributed by atoms with Crippen LogP contribution < -0.4 is 13.8 Å². The fourth-order valence-electron chi connectivity index (χ4n) is 3.06. The molecule has 1 heterocycles. The number of carbonyl (C=O) groups is 1. The van der Waals surface area contributed by atoms with Crippen molar-refractivity contribution >= 4 is 21.7 Å². The Bertz CT molecular complexity index is 986. The van der Waals surface area contributed by atoms with Crippen molar-refractivity contribution in [2.45, 2.75) is 30.8 Å². The van der Waals surface area contributed by atoms with Gasteiger partial charge in [-0.25, -0.2) is 13.2 Å². The summed E-state index contributed by atoms with van der Waals surface area (Å²) in [5.74, 6) is 0.0342. The molecule has 0 bridgehead atoms. The largest absolute Gasteiger partial charge is 0.495 e. The summed E-state index contributed by atoms with van der Waals surface area (Å²) in [6.45, 7) is 3.77. The Morgan fingerprint density at radius 2 is 1.89 bits per heavy atom. The normalized spacial score (nSPS) is 16.3. The first-order chi connectivity index (χ1) is 13.3. The average Bonchev–Trinajstić information content (AvgIpc) is 2.71. The number of ether oxygens (including phenoxy) is 3. The molecule has 3 rings (SSSR count). The van der Waals surface area contributed by atoms with Crippen molar-refractivity contribution < 1.29 is 27.4 Å². The summed E-state index contributed by atoms with van der Waals surface area (Å²) in [5.41, 5.74) is 1.23. The fourth-order valence-corrected chi connectivity index (χ4v) is 4.73. The number of anilines is 1. The van der Waals surface area contributed by atoms with Crippen molar-refractivity contribution in [1.82, 2.24) is 0 Å². The number of benzene rings is 2. The van der Waals surface area contributed by atoms with Crippen LogP contribution in [0.15, 0.2) is 47.4 Å². The predicted octanol–water partition coefficient (Wildman–Crippen LogP) is 2.95. The maximum Gasteiger partial charge on any atom is 0.348 e. The van der Waals surface area contributed by atoms with Gasteiger partial charge in [0, 0.05) is 0 Å². The van der Waals surface area contributed by atoms with Crippen LogP contribution in [0, 0.1) is 0 Å². The molecule has 0 aromatic heterocycles. The van der Waals surface area contributed by atoms with Gasteiger partial charge < -0.3 is 14.2 Å². The SMILES string of the molecule is COC(=O)[C@@H]1CN(S(=O)(=O)c2cc(C(C)C)ccc2OC)c2ccccc2O1. The van der Waals surface area contributed by atoms with E-state index in [1.54, 1.807) is 36.4 Å². The first kappa shape index (κ1) is 20.0. The van der Waals surface area contributed by atoms with E-state index in [2.05, 4.69) is 0 Å². The second kappa shape index (κ2) is 7.71. The molecule has 1 atom stereocenters. The molecular formula is C20H23NO6S. The molecule has 0 spiro atoms. The summed E-state index contributed by atoms with van der Waals surface area (Å²) in [7, 11) is -1.37. The van der Waals surface area contributed by atoms with Crippen LogP contribution in [0.3, 0.4) is 0 Å². The number of hydrogen-bond acceptors (Lipinski definition) is 6. The van der Waals surface area contributed by atoms with Crippen LogP contribution in [-0.4, -0.2) is 41.3 Å². The van der Waals surface area contributed by atoms with Gasteiger partial charge in [0.1, 0.15) is 16.4 Å². The summed E-state index contributed by atoms with van der Waals surface area (Å²) >= 11 is 0. The fraction of sp³-hybridized carbons (Fsp3) is 0.350. The highest BCUT2D eigenvalue weighted by Gasteiger charge is 2.39. The second-order valence-electron chi connectivity index (χ2n) is 6.70. The molecule has 0 N–H and O–H groups in total. The smallest absolute Gasteiger partial charge is 0.348 e. The van der Waals surface area contributed by atoms with E-state index in [9.17, 15) is 13.2 Å². The van der Waals surface area contributed by atoms with Gasteiger partial charge in [-0.1, -0.05) is 32.0 Å². The molecule has 28 heavy (non-hydrogen) atoms. The molecule has 0 amide bonds. The zero-order chi connectivity index (χ0) is 20.5. The number of carbonyl (C=O) groups excluding carboxylic acids is 1. The molecule has 7 nitrogen and oxygen atoms in total. The molecule has 8 heteroatoms. The molecule has 2 aromatic rings. The first-order valence-electron chi connectivity index (χ1n) is 8.83. The van der Waals surface area contributed by atoms with Gasteiger partial charge in [-0.05, 0) is 35.7 Å². The minimum Gasteiger partial charge on any atom is -0.495 e. The van der Waals surface area contributed by atoms with Crippen molar-refractivity contribution in [1.29, 1.82) is 0 Å². The molecule has 150 valence electrons. The summed E-state index contributed by atoms with van der Waals surface area (Å²) in [4.78, 5) is 12.1. The molecular weight excluding hydrogens is 382 g/mol. The molecule has 1 aliphatic rings. The van der Waals surface area contributed by atoms with E-state index in [0.717, 1.165) is 5.56 Å². The lowest BCUT2D eigenvalue weighted by Crippen LogP contribution is -2.47. The number of fused-ring (bicyclic) bond motifs is 1. The van der Waals surface area contributed by atoms with Crippen LogP contribution in [0.4, 0.5) is 5.69 Å². The van der Waals surface area contributed by atoms with Gasteiger partial charge in [0.15, 0.2) is 0 Å². The van der Waals surface area contributed by atoms with Gasteiger partial charge in [-0.3, -0.25) is 4.31 Å². The van der Waals surface area contributed by atoms with Crippen LogP contribution in [-0.2, 0) is 19.6 Å². The minimum atomic E-state index is -4.03. The number of hydrogen-bond donors (Lipinski definition) is 0. The molecule has 0 aliphatic carbocycles. The third kappa shape index (κ3) is 3.52. The monoisotopic (exact) mass is 405 g/mol. The Balaban J connectivity index is 2.15. The number of sulfonamides is 1. The van der Waals surface area contributed by atoms with Gasteiger partial charge in [0.05, 0.1) is 26.5 Å². The lowest BCUT2D eigenvalue weighted by atomic mass is 10.0. The number of methoxy groups -OCH3 is 2. The van der Waals surface area contributed by atoms with E-state index in [1.807, 2.05) is 19.9 Å². The number of esters is 1. The Morgan fingerprint density at radius 1 is 1.18 bits per heavy atom. The summed E-state index contributed by atoms with van der Waals surface area (Å²) in [5, 5.41) is 0. The highest BCUT2D eigenvalue weighted by Crippen LogP contribution is 2.39. The van der Waals surface area contributed by atoms with Gasteiger partial charge >= 0.3 is 5.97 Å². The zero-order valence-corrected chi connectivity index (χ0v) is 17.0. The lowest BCUT2D eigenvalue weighted by Gasteiger charge is -2.34. The van der Waals surface area contributed by atoms with Crippen LogP contribution in [0.2, 0.25) is 0 Å². The van der Waals surface area contributed by atoms with Crippen molar-refractivity contribution in [2.24, 2.45) is 0 Å². The van der Waals surface area contributed by atoms with E-state index in [-0.39, 0.29) is 23.1 Å². The van der Waals surface area contributed by atoms with Crippen LogP contribution in [0.5, 0.6) is 11.5 Å². The quantitative estimate of drug-likeness (QED) is 0.712. The highest BCUT2D eigenvalue weighted by atomic mass is 32.2. The summed E-state index contributed by atoms with van der Waals surface area (Å²) < 4.78 is 44.1. The van der Waals surface area contributed by atoms with E-state index < -0.39 is 22.1 Å². The Hall–Kier alpha value is -2.74. The lowest BCUT2D eigenvalue weighted by molar-refractivity contribution is -0.148. The Labute approximate surface area is 164 Å². The summed E-state index contributed by atoms with van der Waals surface area (Å²) in [6, 6.07) is 11.8. The molecule has 0 saturated carbocycles. The summed E-state index contributed by atoms with van der Waals surface area (Å²) in [6.07, 6.45) is -1.06. The Morgan fingerprint density at radius 3 is 2.54 bits per heavy atom. The van der Waals surface area contributed by atoms with E-state index in [4.69, 9.17) is 14.2 Å². The van der Waals surface area contributed by atoms with Crippen molar-refractivity contribution in [3.63, 3.8) is 0 Å². The minimum absolute atomic E-state index is 0.0431. The highest BCUT2D eigenvalue weighted by molar-refractivity contribution is 7.93. The number of para-hydroxylation sites is 2. The number of nitrogens with zero attached hydrogens (tertiary/aromatic N) is 1. The van der Waals surface area contributed by atoms with E-state index in [1.165, 1.54) is 18.5 Å². The maximum absolute atomic E-state index is 13.6. The van der Waals surface area contributed by atoms with Crippen LogP contribution >= 0.6 is 0 Å². The van der Waals surface area contributed by atoms with Crippen LogP contribution in [0.25, 0.3) is 0 Å². The van der Waals surface area contributed by atoms with Crippen molar-refractivity contribution in [3.8, 4) is 11.5 Å². The van der Waals surface area contributed by atoms with Crippen molar-refractivity contribution in [2.75, 3.05) is 25.1 Å². The predicted molar refractivity (Wildman–Crippen MR) is 104 cm³/mol. The molecule has 2 aromatic carbocycles. The molecule has 0 saturated heterocycles. The van der Waals surface area contributed by atoms with E-state index in [0.29, 0.717) is 11.4 Å². The van der Waals surface area contributed by atoms with Crippen molar-refractivity contribution in [3.05, 3.63) is 48.0 Å². The van der Waals surface area contributed by atoms with E-state index >= 15 is 0 Å². The van der Waals surface area contributed by atoms with Gasteiger partial charge in [-0.2, -0.15) is 0 Å². The van der Waals surface area contributed by atoms with Gasteiger partial charge in [-0.15, -0.1) is 0 Å².